The van der Waals surface area contributed by atoms with Gasteiger partial charge in [-0.3, -0.25) is 0 Å². The van der Waals surface area contributed by atoms with E-state index in [1.165, 1.54) is 16.7 Å². The molecule has 29 heavy (non-hydrogen) atoms. The standard InChI is InChI=1S/C20H13N5O3S/c1-11-17(12-5-3-2-4-6-12)22-25(20-21-16(10-29-20)19(26)27)18(11)13-7-8-14-15(9-13)24-28-23-14/h2-10H,1H3,(H,26,27). The van der Waals surface area contributed by atoms with Crippen LogP contribution in [0.15, 0.2) is 58.5 Å². The van der Waals surface area contributed by atoms with Gasteiger partial charge in [-0.2, -0.15) is 5.10 Å². The Morgan fingerprint density at radius 3 is 2.62 bits per heavy atom. The Hall–Kier alpha value is -3.85. The lowest BCUT2D eigenvalue weighted by Gasteiger charge is -2.05. The molecule has 0 saturated carbocycles. The predicted octanol–water partition coefficient (Wildman–Crippen LogP) is 4.21. The molecule has 0 aliphatic heterocycles. The number of aromatic nitrogens is 5. The summed E-state index contributed by atoms with van der Waals surface area (Å²) in [6.45, 7) is 1.98. The lowest BCUT2D eigenvalue weighted by Crippen LogP contribution is -2.02. The number of carboxylic acids is 1. The van der Waals surface area contributed by atoms with E-state index in [0.29, 0.717) is 16.2 Å². The van der Waals surface area contributed by atoms with Crippen molar-refractivity contribution in [2.24, 2.45) is 0 Å². The average molecular weight is 403 g/mol. The monoisotopic (exact) mass is 403 g/mol. The second-order valence-corrected chi connectivity index (χ2v) is 7.22. The SMILES string of the molecule is Cc1c(-c2ccccc2)nn(-c2nc(C(=O)O)cs2)c1-c1ccc2nonc2c1. The van der Waals surface area contributed by atoms with Crippen LogP contribution in [0.5, 0.6) is 0 Å². The van der Waals surface area contributed by atoms with Gasteiger partial charge in [0.2, 0.25) is 5.13 Å². The fourth-order valence-corrected chi connectivity index (χ4v) is 3.99. The zero-order valence-electron chi connectivity index (χ0n) is 15.1. The minimum atomic E-state index is -1.07. The molecule has 3 aromatic heterocycles. The van der Waals surface area contributed by atoms with Crippen molar-refractivity contribution in [2.75, 3.05) is 0 Å². The summed E-state index contributed by atoms with van der Waals surface area (Å²) >= 11 is 1.22. The number of thiazole rings is 1. The quantitative estimate of drug-likeness (QED) is 0.479. The minimum absolute atomic E-state index is 0.0125. The van der Waals surface area contributed by atoms with Crippen molar-refractivity contribution in [3.8, 4) is 27.6 Å². The first-order chi connectivity index (χ1) is 14.1. The lowest BCUT2D eigenvalue weighted by atomic mass is 10.0. The van der Waals surface area contributed by atoms with Crippen molar-refractivity contribution < 1.29 is 14.5 Å². The Balaban J connectivity index is 1.76. The number of rotatable bonds is 4. The molecule has 0 bridgehead atoms. The van der Waals surface area contributed by atoms with Crippen LogP contribution in [-0.2, 0) is 0 Å². The maximum absolute atomic E-state index is 11.3. The molecule has 5 aromatic rings. The van der Waals surface area contributed by atoms with E-state index in [1.807, 2.05) is 55.5 Å². The third-order valence-electron chi connectivity index (χ3n) is 4.59. The molecule has 0 atom stereocenters. The van der Waals surface area contributed by atoms with Gasteiger partial charge in [-0.05, 0) is 29.4 Å². The maximum atomic E-state index is 11.3. The first kappa shape index (κ1) is 17.3. The summed E-state index contributed by atoms with van der Waals surface area (Å²) < 4.78 is 6.49. The second kappa shape index (κ2) is 6.64. The number of benzene rings is 2. The zero-order chi connectivity index (χ0) is 20.0. The molecular formula is C20H13N5O3S. The first-order valence-corrected chi connectivity index (χ1v) is 9.56. The van der Waals surface area contributed by atoms with Gasteiger partial charge < -0.3 is 5.11 Å². The van der Waals surface area contributed by atoms with Crippen LogP contribution in [0.3, 0.4) is 0 Å². The first-order valence-electron chi connectivity index (χ1n) is 8.69. The number of aromatic carboxylic acids is 1. The van der Waals surface area contributed by atoms with Gasteiger partial charge in [0.05, 0.1) is 11.4 Å². The topological polar surface area (TPSA) is 107 Å². The molecular weight excluding hydrogens is 390 g/mol. The third-order valence-corrected chi connectivity index (χ3v) is 5.41. The molecule has 9 heteroatoms. The molecule has 0 unspecified atom stereocenters. The zero-order valence-corrected chi connectivity index (χ0v) is 15.9. The van der Waals surface area contributed by atoms with Gasteiger partial charge in [0.1, 0.15) is 11.0 Å². The van der Waals surface area contributed by atoms with Gasteiger partial charge in [-0.25, -0.2) is 19.1 Å². The van der Waals surface area contributed by atoms with E-state index in [1.54, 1.807) is 4.68 Å². The molecule has 2 aromatic carbocycles. The Morgan fingerprint density at radius 1 is 1.07 bits per heavy atom. The van der Waals surface area contributed by atoms with E-state index < -0.39 is 5.97 Å². The smallest absolute Gasteiger partial charge is 0.355 e. The lowest BCUT2D eigenvalue weighted by molar-refractivity contribution is 0.0691. The van der Waals surface area contributed by atoms with Gasteiger partial charge in [0, 0.05) is 22.1 Å². The van der Waals surface area contributed by atoms with E-state index in [0.717, 1.165) is 28.1 Å². The van der Waals surface area contributed by atoms with E-state index in [4.69, 9.17) is 9.73 Å². The largest absolute Gasteiger partial charge is 0.476 e. The van der Waals surface area contributed by atoms with E-state index in [-0.39, 0.29) is 5.69 Å². The third kappa shape index (κ3) is 2.88. The normalized spacial score (nSPS) is 11.2. The van der Waals surface area contributed by atoms with Gasteiger partial charge in [0.25, 0.3) is 0 Å². The van der Waals surface area contributed by atoms with Crippen molar-refractivity contribution in [3.05, 3.63) is 65.2 Å². The van der Waals surface area contributed by atoms with Gasteiger partial charge in [0.15, 0.2) is 5.69 Å². The highest BCUT2D eigenvalue weighted by Crippen LogP contribution is 2.35. The Morgan fingerprint density at radius 2 is 1.86 bits per heavy atom. The summed E-state index contributed by atoms with van der Waals surface area (Å²) in [4.78, 5) is 15.5. The number of hydrogen-bond donors (Lipinski definition) is 1. The van der Waals surface area contributed by atoms with Crippen molar-refractivity contribution in [3.63, 3.8) is 0 Å². The molecule has 8 nitrogen and oxygen atoms in total. The summed E-state index contributed by atoms with van der Waals surface area (Å²) in [6, 6.07) is 15.4. The fraction of sp³-hybridized carbons (Fsp3) is 0.0500. The number of carbonyl (C=O) groups is 1. The van der Waals surface area contributed by atoms with E-state index in [9.17, 15) is 9.90 Å². The minimum Gasteiger partial charge on any atom is -0.476 e. The van der Waals surface area contributed by atoms with Gasteiger partial charge >= 0.3 is 5.97 Å². The van der Waals surface area contributed by atoms with E-state index >= 15 is 0 Å². The maximum Gasteiger partial charge on any atom is 0.355 e. The van der Waals surface area contributed by atoms with Crippen LogP contribution in [0.25, 0.3) is 38.7 Å². The number of fused-ring (bicyclic) bond motifs is 1. The summed E-state index contributed by atoms with van der Waals surface area (Å²) in [5.74, 6) is -1.07. The van der Waals surface area contributed by atoms with Gasteiger partial charge in [-0.15, -0.1) is 11.3 Å². The molecule has 0 fully saturated rings. The van der Waals surface area contributed by atoms with Crippen LogP contribution in [0, 0.1) is 6.92 Å². The van der Waals surface area contributed by atoms with Crippen LogP contribution < -0.4 is 0 Å². The molecule has 0 radical (unpaired) electrons. The second-order valence-electron chi connectivity index (χ2n) is 6.39. The van der Waals surface area contributed by atoms with Crippen LogP contribution >= 0.6 is 11.3 Å². The predicted molar refractivity (Wildman–Crippen MR) is 107 cm³/mol. The Kier molecular flexibility index (Phi) is 3.95. The average Bonchev–Trinajstić information content (AvgIpc) is 3.46. The molecule has 0 aliphatic carbocycles. The Bertz CT molecular complexity index is 1350. The molecule has 0 aliphatic rings. The van der Waals surface area contributed by atoms with E-state index in [2.05, 4.69) is 15.3 Å². The summed E-state index contributed by atoms with van der Waals surface area (Å²) in [6.07, 6.45) is 0. The summed E-state index contributed by atoms with van der Waals surface area (Å²) in [7, 11) is 0. The van der Waals surface area contributed by atoms with Crippen molar-refractivity contribution >= 4 is 28.3 Å². The molecule has 142 valence electrons. The molecule has 5 rings (SSSR count). The molecule has 0 spiro atoms. The van der Waals surface area contributed by atoms with Crippen LogP contribution in [-0.4, -0.2) is 36.2 Å². The summed E-state index contributed by atoms with van der Waals surface area (Å²) in [5.41, 5.74) is 5.63. The molecule has 1 N–H and O–H groups in total. The highest BCUT2D eigenvalue weighted by Gasteiger charge is 2.22. The van der Waals surface area contributed by atoms with Crippen LogP contribution in [0.1, 0.15) is 16.1 Å². The van der Waals surface area contributed by atoms with Gasteiger partial charge in [-0.1, -0.05) is 36.4 Å². The molecule has 3 heterocycles. The van der Waals surface area contributed by atoms with Crippen molar-refractivity contribution in [1.82, 2.24) is 25.1 Å². The molecule has 0 amide bonds. The Labute approximate surface area is 168 Å². The van der Waals surface area contributed by atoms with Crippen molar-refractivity contribution in [2.45, 2.75) is 6.92 Å². The van der Waals surface area contributed by atoms with Crippen LogP contribution in [0.4, 0.5) is 0 Å². The number of carboxylic acid groups (broad SMARTS) is 1. The molecule has 0 saturated heterocycles. The number of nitrogens with zero attached hydrogens (tertiary/aromatic N) is 5. The van der Waals surface area contributed by atoms with Crippen LogP contribution in [0.2, 0.25) is 0 Å². The highest BCUT2D eigenvalue weighted by molar-refractivity contribution is 7.12. The highest BCUT2D eigenvalue weighted by atomic mass is 32.1. The number of hydrogen-bond acceptors (Lipinski definition) is 7. The fourth-order valence-electron chi connectivity index (χ4n) is 3.23. The summed E-state index contributed by atoms with van der Waals surface area (Å²) in [5, 5.41) is 23.8. The van der Waals surface area contributed by atoms with Crippen molar-refractivity contribution in [1.29, 1.82) is 0 Å².